The van der Waals surface area contributed by atoms with Gasteiger partial charge in [0.05, 0.1) is 23.8 Å². The maximum atomic E-state index is 12.9. The summed E-state index contributed by atoms with van der Waals surface area (Å²) in [4.78, 5) is 0. The Labute approximate surface area is 123 Å². The van der Waals surface area contributed by atoms with Crippen molar-refractivity contribution >= 4 is 0 Å². The minimum absolute atomic E-state index is 0.0636. The van der Waals surface area contributed by atoms with E-state index in [0.29, 0.717) is 13.0 Å². The maximum absolute atomic E-state index is 12.9. The lowest BCUT2D eigenvalue weighted by atomic mass is 9.67. The first-order valence-electron chi connectivity index (χ1n) is 8.07. The van der Waals surface area contributed by atoms with Crippen molar-refractivity contribution in [2.75, 3.05) is 6.61 Å². The molecule has 0 N–H and O–H groups in total. The first-order chi connectivity index (χ1) is 9.28. The van der Waals surface area contributed by atoms with E-state index in [9.17, 15) is 5.21 Å². The van der Waals surface area contributed by atoms with Crippen LogP contribution in [0, 0.1) is 5.92 Å². The summed E-state index contributed by atoms with van der Waals surface area (Å²) in [5, 5.41) is 14.3. The van der Waals surface area contributed by atoms with Gasteiger partial charge >= 0.3 is 0 Å². The van der Waals surface area contributed by atoms with Crippen molar-refractivity contribution in [2.24, 2.45) is 5.92 Å². The number of ether oxygens (including phenoxy) is 2. The van der Waals surface area contributed by atoms with Crippen molar-refractivity contribution in [3.63, 3.8) is 0 Å². The molecular weight excluding hydrogens is 254 g/mol. The Morgan fingerprint density at radius 3 is 2.30 bits per heavy atom. The largest absolute Gasteiger partial charge is 0.347 e. The van der Waals surface area contributed by atoms with Crippen LogP contribution in [0.3, 0.4) is 0 Å². The highest BCUT2D eigenvalue weighted by molar-refractivity contribution is 5.08. The topological polar surface area (TPSA) is 41.6 Å². The molecule has 2 rings (SSSR count). The lowest BCUT2D eigenvalue weighted by molar-refractivity contribution is -0.374. The molecule has 0 saturated carbocycles. The Hall–Kier alpha value is -0.160. The first-order valence-corrected chi connectivity index (χ1v) is 8.07. The first kappa shape index (κ1) is 16.2. The third-order valence-electron chi connectivity index (χ3n) is 5.99. The van der Waals surface area contributed by atoms with Crippen LogP contribution in [0.15, 0.2) is 0 Å². The second kappa shape index (κ2) is 5.24. The molecule has 0 bridgehead atoms. The standard InChI is InChI=1S/C16H30NO3/c1-7-13-10-19-16(20-13)11-14(5,8-2)17(18)15(6,9-3)12(16)4/h12-13H,7-11H2,1-6H3. The van der Waals surface area contributed by atoms with E-state index >= 15 is 0 Å². The van der Waals surface area contributed by atoms with Crippen LogP contribution in [0.5, 0.6) is 0 Å². The number of rotatable bonds is 3. The molecule has 2 aliphatic heterocycles. The summed E-state index contributed by atoms with van der Waals surface area (Å²) < 4.78 is 12.5. The average Bonchev–Trinajstić information content (AvgIpc) is 2.87. The van der Waals surface area contributed by atoms with E-state index in [-0.39, 0.29) is 12.0 Å². The summed E-state index contributed by atoms with van der Waals surface area (Å²) in [6.45, 7) is 13.2. The molecule has 20 heavy (non-hydrogen) atoms. The van der Waals surface area contributed by atoms with E-state index in [1.54, 1.807) is 0 Å². The molecule has 1 spiro atoms. The van der Waals surface area contributed by atoms with Crippen LogP contribution in [0.1, 0.15) is 67.2 Å². The van der Waals surface area contributed by atoms with Crippen LogP contribution < -0.4 is 0 Å². The highest BCUT2D eigenvalue weighted by Gasteiger charge is 2.63. The zero-order valence-electron chi connectivity index (χ0n) is 13.9. The van der Waals surface area contributed by atoms with Gasteiger partial charge < -0.3 is 9.47 Å². The molecular formula is C16H30NO3. The number of hydroxylamine groups is 2. The summed E-state index contributed by atoms with van der Waals surface area (Å²) >= 11 is 0. The molecule has 5 atom stereocenters. The van der Waals surface area contributed by atoms with E-state index in [0.717, 1.165) is 19.3 Å². The Morgan fingerprint density at radius 1 is 1.20 bits per heavy atom. The average molecular weight is 284 g/mol. The molecule has 4 heteroatoms. The number of piperidine rings is 1. The molecule has 0 amide bonds. The highest BCUT2D eigenvalue weighted by Crippen LogP contribution is 2.53. The number of hydrogen-bond donors (Lipinski definition) is 0. The van der Waals surface area contributed by atoms with Gasteiger partial charge in [0.25, 0.3) is 0 Å². The Bertz CT molecular complexity index is 364. The highest BCUT2D eigenvalue weighted by atomic mass is 16.7. The normalized spacial score (nSPS) is 50.0. The third-order valence-corrected chi connectivity index (χ3v) is 5.99. The third kappa shape index (κ3) is 2.12. The lowest BCUT2D eigenvalue weighted by Crippen LogP contribution is -2.70. The van der Waals surface area contributed by atoms with Crippen LogP contribution in [0.4, 0.5) is 0 Å². The smallest absolute Gasteiger partial charge is 0.175 e. The van der Waals surface area contributed by atoms with Crippen LogP contribution in [0.25, 0.3) is 0 Å². The van der Waals surface area contributed by atoms with Gasteiger partial charge in [0.15, 0.2) is 5.79 Å². The summed E-state index contributed by atoms with van der Waals surface area (Å²) in [7, 11) is 0. The fourth-order valence-corrected chi connectivity index (χ4v) is 3.85. The minimum Gasteiger partial charge on any atom is -0.347 e. The van der Waals surface area contributed by atoms with Gasteiger partial charge in [0.1, 0.15) is 0 Å². The summed E-state index contributed by atoms with van der Waals surface area (Å²) in [6, 6.07) is 0. The molecule has 117 valence electrons. The minimum atomic E-state index is -0.586. The van der Waals surface area contributed by atoms with Crippen molar-refractivity contribution in [1.29, 1.82) is 0 Å². The Balaban J connectivity index is 2.39. The van der Waals surface area contributed by atoms with Crippen molar-refractivity contribution in [1.82, 2.24) is 5.06 Å². The monoisotopic (exact) mass is 284 g/mol. The Morgan fingerprint density at radius 2 is 1.85 bits per heavy atom. The molecule has 0 aromatic rings. The van der Waals surface area contributed by atoms with Gasteiger partial charge in [-0.05, 0) is 33.1 Å². The number of hydrogen-bond acceptors (Lipinski definition) is 3. The molecule has 2 saturated heterocycles. The van der Waals surface area contributed by atoms with Crippen LogP contribution in [0.2, 0.25) is 0 Å². The van der Waals surface area contributed by atoms with Gasteiger partial charge in [-0.2, -0.15) is 0 Å². The fourth-order valence-electron chi connectivity index (χ4n) is 3.85. The van der Waals surface area contributed by atoms with Crippen LogP contribution >= 0.6 is 0 Å². The van der Waals surface area contributed by atoms with Gasteiger partial charge in [-0.25, -0.2) is 0 Å². The fraction of sp³-hybridized carbons (Fsp3) is 1.00. The molecule has 0 aromatic heterocycles. The summed E-state index contributed by atoms with van der Waals surface area (Å²) in [5.74, 6) is -0.523. The van der Waals surface area contributed by atoms with Gasteiger partial charge in [0.2, 0.25) is 0 Å². The van der Waals surface area contributed by atoms with Crippen LogP contribution in [-0.4, -0.2) is 34.6 Å². The maximum Gasteiger partial charge on any atom is 0.175 e. The van der Waals surface area contributed by atoms with Gasteiger partial charge in [-0.15, -0.1) is 10.3 Å². The molecule has 2 heterocycles. The Kier molecular flexibility index (Phi) is 4.25. The van der Waals surface area contributed by atoms with Crippen molar-refractivity contribution in [2.45, 2.75) is 90.2 Å². The lowest BCUT2D eigenvalue weighted by Gasteiger charge is -2.59. The second-order valence-electron chi connectivity index (χ2n) is 7.03. The zero-order chi connectivity index (χ0) is 15.2. The van der Waals surface area contributed by atoms with Crippen LogP contribution in [-0.2, 0) is 14.7 Å². The van der Waals surface area contributed by atoms with E-state index in [4.69, 9.17) is 9.47 Å². The summed E-state index contributed by atoms with van der Waals surface area (Å²) in [5.41, 5.74) is -0.856. The van der Waals surface area contributed by atoms with E-state index in [2.05, 4.69) is 34.6 Å². The molecule has 5 unspecified atom stereocenters. The predicted octanol–water partition coefficient (Wildman–Crippen LogP) is 3.53. The van der Waals surface area contributed by atoms with Crippen molar-refractivity contribution in [3.8, 4) is 0 Å². The van der Waals surface area contributed by atoms with Gasteiger partial charge in [0, 0.05) is 12.3 Å². The van der Waals surface area contributed by atoms with Gasteiger partial charge in [-0.3, -0.25) is 0 Å². The molecule has 0 aliphatic carbocycles. The van der Waals surface area contributed by atoms with Crippen molar-refractivity contribution < 1.29 is 14.7 Å². The van der Waals surface area contributed by atoms with Gasteiger partial charge in [-0.1, -0.05) is 27.7 Å². The van der Waals surface area contributed by atoms with Crippen molar-refractivity contribution in [3.05, 3.63) is 0 Å². The predicted molar refractivity (Wildman–Crippen MR) is 77.5 cm³/mol. The number of nitrogens with zero attached hydrogens (tertiary/aromatic N) is 1. The van der Waals surface area contributed by atoms with E-state index in [1.165, 1.54) is 5.06 Å². The molecule has 1 radical (unpaired) electrons. The van der Waals surface area contributed by atoms with E-state index < -0.39 is 16.9 Å². The molecule has 0 aromatic carbocycles. The molecule has 2 aliphatic rings. The molecule has 4 nitrogen and oxygen atoms in total. The quantitative estimate of drug-likeness (QED) is 0.796. The second-order valence-corrected chi connectivity index (χ2v) is 7.03. The van der Waals surface area contributed by atoms with E-state index in [1.807, 2.05) is 6.92 Å². The molecule has 2 fully saturated rings. The summed E-state index contributed by atoms with van der Waals surface area (Å²) in [6.07, 6.45) is 3.40. The SMILES string of the molecule is CCC1COC2(CC(C)(CC)N([O])C(C)(CC)C2C)O1. The zero-order valence-corrected chi connectivity index (χ0v) is 13.9.